The van der Waals surface area contributed by atoms with Crippen molar-refractivity contribution < 1.29 is 0 Å². The zero-order valence-corrected chi connectivity index (χ0v) is 37.2. The second-order valence-electron chi connectivity index (χ2n) is 19.7. The molecule has 1 heterocycles. The van der Waals surface area contributed by atoms with Crippen molar-refractivity contribution in [2.24, 2.45) is 0 Å². The summed E-state index contributed by atoms with van der Waals surface area (Å²) in [5.74, 6) is 0.582. The number of aryl methyl sites for hydroxylation is 1. The quantitative estimate of drug-likeness (QED) is 0.162. The standard InChI is InChI=1S/C58H57NS/c1-38-19-18-27-50-54(38)47-24-14-16-26-49(47)58(50,41-22-12-9-13-23-41)42-29-31-45(32-30-42)59(46-36-43(56(2,3)4)35-44(37-46)57(5,6)7)51-33-40(39-20-10-8-11-21-39)34-53-55(51)48-25-15-17-28-52(48)60-53/h9,12-19,22-37,39H,8,10-11,20-21H2,1-7H3. The van der Waals surface area contributed by atoms with Crippen LogP contribution in [0.25, 0.3) is 31.3 Å². The number of anilines is 3. The van der Waals surface area contributed by atoms with E-state index in [-0.39, 0.29) is 10.8 Å². The highest BCUT2D eigenvalue weighted by Gasteiger charge is 2.46. The van der Waals surface area contributed by atoms with E-state index in [0.29, 0.717) is 5.92 Å². The molecule has 10 rings (SSSR count). The van der Waals surface area contributed by atoms with E-state index < -0.39 is 5.41 Å². The maximum atomic E-state index is 2.62. The van der Waals surface area contributed by atoms with Crippen molar-refractivity contribution in [2.75, 3.05) is 4.90 Å². The Morgan fingerprint density at radius 3 is 1.90 bits per heavy atom. The zero-order valence-electron chi connectivity index (χ0n) is 36.4. The van der Waals surface area contributed by atoms with Crippen LogP contribution in [0.4, 0.5) is 17.1 Å². The third-order valence-electron chi connectivity index (χ3n) is 13.7. The van der Waals surface area contributed by atoms with Gasteiger partial charge in [-0.25, -0.2) is 0 Å². The van der Waals surface area contributed by atoms with Crippen LogP contribution in [0.15, 0.2) is 152 Å². The van der Waals surface area contributed by atoms with Crippen molar-refractivity contribution in [1.82, 2.24) is 0 Å². The zero-order chi connectivity index (χ0) is 41.4. The van der Waals surface area contributed by atoms with E-state index in [4.69, 9.17) is 0 Å². The minimum Gasteiger partial charge on any atom is -0.310 e. The van der Waals surface area contributed by atoms with Crippen LogP contribution >= 0.6 is 11.3 Å². The summed E-state index contributed by atoms with van der Waals surface area (Å²) in [4.78, 5) is 2.62. The van der Waals surface area contributed by atoms with Gasteiger partial charge in [-0.15, -0.1) is 11.3 Å². The summed E-state index contributed by atoms with van der Waals surface area (Å²) >= 11 is 1.95. The molecule has 0 amide bonds. The molecule has 0 N–H and O–H groups in total. The van der Waals surface area contributed by atoms with Gasteiger partial charge in [0.1, 0.15) is 0 Å². The molecule has 60 heavy (non-hydrogen) atoms. The summed E-state index contributed by atoms with van der Waals surface area (Å²) in [5.41, 5.74) is 16.7. The van der Waals surface area contributed by atoms with Gasteiger partial charge >= 0.3 is 0 Å². The van der Waals surface area contributed by atoms with Gasteiger partial charge in [-0.1, -0.05) is 170 Å². The van der Waals surface area contributed by atoms with E-state index in [9.17, 15) is 0 Å². The lowest BCUT2D eigenvalue weighted by Crippen LogP contribution is -2.28. The number of thiophene rings is 1. The molecule has 1 unspecified atom stereocenters. The first-order valence-electron chi connectivity index (χ1n) is 22.2. The molecule has 1 aromatic heterocycles. The Labute approximate surface area is 361 Å². The number of benzene rings is 7. The van der Waals surface area contributed by atoms with Gasteiger partial charge in [0.2, 0.25) is 0 Å². The summed E-state index contributed by atoms with van der Waals surface area (Å²) in [6.07, 6.45) is 6.51. The Bertz CT molecular complexity index is 2840. The molecule has 1 nitrogen and oxygen atoms in total. The van der Waals surface area contributed by atoms with Crippen LogP contribution in [-0.2, 0) is 16.2 Å². The normalized spacial score (nSPS) is 16.9. The molecule has 1 atom stereocenters. The van der Waals surface area contributed by atoms with Gasteiger partial charge < -0.3 is 4.90 Å². The molecular weight excluding hydrogens is 743 g/mol. The Balaban J connectivity index is 1.26. The van der Waals surface area contributed by atoms with Gasteiger partial charge in [0.05, 0.1) is 11.1 Å². The van der Waals surface area contributed by atoms with Crippen molar-refractivity contribution in [2.45, 2.75) is 103 Å². The molecule has 2 aliphatic rings. The Morgan fingerprint density at radius 1 is 0.550 bits per heavy atom. The largest absolute Gasteiger partial charge is 0.310 e. The molecule has 300 valence electrons. The highest BCUT2D eigenvalue weighted by molar-refractivity contribution is 7.26. The topological polar surface area (TPSA) is 3.24 Å². The Kier molecular flexibility index (Phi) is 9.45. The minimum atomic E-state index is -0.453. The summed E-state index contributed by atoms with van der Waals surface area (Å²) in [6, 6.07) is 58.5. The lowest BCUT2D eigenvalue weighted by Gasteiger charge is -2.35. The van der Waals surface area contributed by atoms with Crippen LogP contribution in [-0.4, -0.2) is 0 Å². The first-order valence-corrected chi connectivity index (χ1v) is 23.0. The molecule has 0 spiro atoms. The summed E-state index contributed by atoms with van der Waals surface area (Å²) < 4.78 is 2.74. The average molecular weight is 800 g/mol. The molecule has 1 fully saturated rings. The number of hydrogen-bond donors (Lipinski definition) is 0. The molecule has 8 aromatic rings. The number of nitrogens with zero attached hydrogens (tertiary/aromatic N) is 1. The highest BCUT2D eigenvalue weighted by Crippen LogP contribution is 2.57. The van der Waals surface area contributed by atoms with E-state index in [0.717, 1.165) is 0 Å². The van der Waals surface area contributed by atoms with Gasteiger partial charge in [0.25, 0.3) is 0 Å². The SMILES string of the molecule is Cc1cccc2c1-c1ccccc1C2(c1ccccc1)c1ccc(N(c2cc(C(C)(C)C)cc(C(C)(C)C)c2)c2cc(C3CCCCC3)cc3sc4ccccc4c23)cc1. The molecule has 1 saturated carbocycles. The third kappa shape index (κ3) is 6.33. The molecule has 0 bridgehead atoms. The van der Waals surface area contributed by atoms with Crippen molar-refractivity contribution in [3.8, 4) is 11.1 Å². The Morgan fingerprint density at radius 2 is 1.18 bits per heavy atom. The van der Waals surface area contributed by atoms with E-state index in [1.54, 1.807) is 0 Å². The van der Waals surface area contributed by atoms with Crippen molar-refractivity contribution in [3.05, 3.63) is 196 Å². The average Bonchev–Trinajstić information content (AvgIpc) is 3.79. The van der Waals surface area contributed by atoms with Gasteiger partial charge in [-0.3, -0.25) is 0 Å². The van der Waals surface area contributed by atoms with Crippen LogP contribution in [0.5, 0.6) is 0 Å². The highest BCUT2D eigenvalue weighted by atomic mass is 32.1. The first-order chi connectivity index (χ1) is 28.9. The third-order valence-corrected chi connectivity index (χ3v) is 14.9. The fourth-order valence-electron chi connectivity index (χ4n) is 10.6. The van der Waals surface area contributed by atoms with E-state index in [2.05, 4.69) is 205 Å². The maximum Gasteiger partial charge on any atom is 0.0713 e. The van der Waals surface area contributed by atoms with Crippen LogP contribution in [0.3, 0.4) is 0 Å². The molecular formula is C58H57NS. The van der Waals surface area contributed by atoms with Gasteiger partial charge in [0.15, 0.2) is 0 Å². The van der Waals surface area contributed by atoms with Crippen LogP contribution in [0.2, 0.25) is 0 Å². The minimum absolute atomic E-state index is 0.0245. The second-order valence-corrected chi connectivity index (χ2v) is 20.7. The van der Waals surface area contributed by atoms with Crippen molar-refractivity contribution in [1.29, 1.82) is 0 Å². The van der Waals surface area contributed by atoms with Gasteiger partial charge in [0, 0.05) is 31.5 Å². The summed E-state index contributed by atoms with van der Waals surface area (Å²) in [5, 5.41) is 2.69. The van der Waals surface area contributed by atoms with Crippen molar-refractivity contribution in [3.63, 3.8) is 0 Å². The van der Waals surface area contributed by atoms with Gasteiger partial charge in [-0.2, -0.15) is 0 Å². The monoisotopic (exact) mass is 799 g/mol. The van der Waals surface area contributed by atoms with E-state index in [1.807, 2.05) is 11.3 Å². The van der Waals surface area contributed by atoms with E-state index in [1.165, 1.54) is 125 Å². The maximum absolute atomic E-state index is 2.62. The summed E-state index contributed by atoms with van der Waals surface area (Å²) in [6.45, 7) is 16.4. The van der Waals surface area contributed by atoms with Gasteiger partial charge in [-0.05, 0) is 135 Å². The molecule has 0 aliphatic heterocycles. The van der Waals surface area contributed by atoms with Crippen LogP contribution in [0, 0.1) is 6.92 Å². The molecule has 2 heteroatoms. The van der Waals surface area contributed by atoms with Crippen molar-refractivity contribution >= 4 is 48.6 Å². The van der Waals surface area contributed by atoms with Crippen LogP contribution < -0.4 is 4.90 Å². The second kappa shape index (κ2) is 14.6. The summed E-state index contributed by atoms with van der Waals surface area (Å²) in [7, 11) is 0. The predicted octanol–water partition coefficient (Wildman–Crippen LogP) is 16.8. The fraction of sp³-hybridized carbons (Fsp3) is 0.276. The number of fused-ring (bicyclic) bond motifs is 6. The number of rotatable bonds is 6. The number of hydrogen-bond acceptors (Lipinski definition) is 2. The van der Waals surface area contributed by atoms with Crippen LogP contribution in [0.1, 0.15) is 124 Å². The molecule has 7 aromatic carbocycles. The fourth-order valence-corrected chi connectivity index (χ4v) is 11.8. The first kappa shape index (κ1) is 38.7. The smallest absolute Gasteiger partial charge is 0.0713 e. The lowest BCUT2D eigenvalue weighted by atomic mass is 9.67. The lowest BCUT2D eigenvalue weighted by molar-refractivity contribution is 0.444. The predicted molar refractivity (Wildman–Crippen MR) is 259 cm³/mol. The molecule has 2 aliphatic carbocycles. The molecule has 0 saturated heterocycles. The van der Waals surface area contributed by atoms with E-state index >= 15 is 0 Å². The molecule has 0 radical (unpaired) electrons. The Hall–Kier alpha value is -5.44.